The Morgan fingerprint density at radius 3 is 2.29 bits per heavy atom. The van der Waals surface area contributed by atoms with Gasteiger partial charge in [-0.05, 0) is 61.5 Å². The quantitative estimate of drug-likeness (QED) is 0.761. The summed E-state index contributed by atoms with van der Waals surface area (Å²) in [5.41, 5.74) is 2.02. The minimum atomic E-state index is -0.204. The molecule has 0 saturated carbocycles. The summed E-state index contributed by atoms with van der Waals surface area (Å²) < 4.78 is 5.59. The average molecular weight is 340 g/mol. The van der Waals surface area contributed by atoms with Crippen LogP contribution < -0.4 is 10.1 Å². The van der Waals surface area contributed by atoms with Crippen molar-refractivity contribution in [3.63, 3.8) is 0 Å². The number of hydrogen-bond acceptors (Lipinski definition) is 4. The van der Waals surface area contributed by atoms with Crippen LogP contribution in [0.3, 0.4) is 0 Å². The van der Waals surface area contributed by atoms with E-state index in [-0.39, 0.29) is 5.91 Å². The molecular formula is C18H14ClN3O2. The Balaban J connectivity index is 1.64. The highest BCUT2D eigenvalue weighted by Gasteiger charge is 2.06. The second-order valence-corrected chi connectivity index (χ2v) is 5.54. The molecule has 1 amide bonds. The first-order chi connectivity index (χ1) is 11.6. The summed E-state index contributed by atoms with van der Waals surface area (Å²) in [5, 5.41) is 11.3. The van der Waals surface area contributed by atoms with Crippen LogP contribution in [0.25, 0.3) is 0 Å². The molecule has 3 aromatic rings. The van der Waals surface area contributed by atoms with Gasteiger partial charge in [-0.3, -0.25) is 4.79 Å². The number of aryl methyl sites for hydroxylation is 1. The van der Waals surface area contributed by atoms with Crippen molar-refractivity contribution in [1.29, 1.82) is 0 Å². The number of nitrogens with zero attached hydrogens (tertiary/aromatic N) is 2. The van der Waals surface area contributed by atoms with Gasteiger partial charge in [0, 0.05) is 22.3 Å². The van der Waals surface area contributed by atoms with E-state index in [4.69, 9.17) is 16.3 Å². The van der Waals surface area contributed by atoms with Crippen LogP contribution in [-0.4, -0.2) is 16.1 Å². The molecule has 0 fully saturated rings. The summed E-state index contributed by atoms with van der Waals surface area (Å²) >= 11 is 5.81. The van der Waals surface area contributed by atoms with Gasteiger partial charge in [0.2, 0.25) is 5.88 Å². The molecule has 2 aromatic carbocycles. The number of ether oxygens (including phenoxy) is 1. The molecule has 5 nitrogen and oxygen atoms in total. The van der Waals surface area contributed by atoms with E-state index in [9.17, 15) is 4.79 Å². The number of hydrogen-bond donors (Lipinski definition) is 1. The van der Waals surface area contributed by atoms with Crippen molar-refractivity contribution in [1.82, 2.24) is 10.2 Å². The zero-order valence-corrected chi connectivity index (χ0v) is 13.6. The van der Waals surface area contributed by atoms with Crippen molar-refractivity contribution in [3.8, 4) is 11.6 Å². The highest BCUT2D eigenvalue weighted by atomic mass is 35.5. The topological polar surface area (TPSA) is 64.1 Å². The van der Waals surface area contributed by atoms with Crippen molar-refractivity contribution in [2.45, 2.75) is 6.92 Å². The Morgan fingerprint density at radius 1 is 0.958 bits per heavy atom. The third-order valence-corrected chi connectivity index (χ3v) is 3.47. The Kier molecular flexibility index (Phi) is 4.72. The lowest BCUT2D eigenvalue weighted by atomic mass is 10.2. The van der Waals surface area contributed by atoms with Crippen molar-refractivity contribution in [2.24, 2.45) is 0 Å². The number of carbonyl (C=O) groups is 1. The van der Waals surface area contributed by atoms with Crippen LogP contribution in [-0.2, 0) is 0 Å². The normalized spacial score (nSPS) is 10.2. The molecule has 1 heterocycles. The van der Waals surface area contributed by atoms with Gasteiger partial charge in [0.25, 0.3) is 5.91 Å². The van der Waals surface area contributed by atoms with Gasteiger partial charge in [-0.15, -0.1) is 5.10 Å². The Labute approximate surface area is 144 Å². The number of rotatable bonds is 4. The monoisotopic (exact) mass is 339 g/mol. The van der Waals surface area contributed by atoms with Crippen molar-refractivity contribution >= 4 is 23.2 Å². The van der Waals surface area contributed by atoms with Gasteiger partial charge >= 0.3 is 0 Å². The van der Waals surface area contributed by atoms with Crippen LogP contribution in [0.2, 0.25) is 5.02 Å². The minimum Gasteiger partial charge on any atom is -0.438 e. The SMILES string of the molecule is Cc1ccc(Oc2ccc(NC(=O)c3ccc(Cl)cc3)cc2)nn1. The first-order valence-electron chi connectivity index (χ1n) is 7.25. The molecule has 0 atom stereocenters. The molecule has 0 saturated heterocycles. The summed E-state index contributed by atoms with van der Waals surface area (Å²) in [7, 11) is 0. The van der Waals surface area contributed by atoms with Crippen LogP contribution in [0, 0.1) is 6.92 Å². The number of halogens is 1. The van der Waals surface area contributed by atoms with Gasteiger partial charge in [-0.2, -0.15) is 5.10 Å². The number of anilines is 1. The van der Waals surface area contributed by atoms with E-state index in [2.05, 4.69) is 15.5 Å². The maximum absolute atomic E-state index is 12.1. The van der Waals surface area contributed by atoms with Crippen molar-refractivity contribution in [2.75, 3.05) is 5.32 Å². The number of aromatic nitrogens is 2. The lowest BCUT2D eigenvalue weighted by Gasteiger charge is -2.07. The molecule has 0 aliphatic rings. The highest BCUT2D eigenvalue weighted by Crippen LogP contribution is 2.21. The molecule has 3 rings (SSSR count). The third kappa shape index (κ3) is 4.08. The number of carbonyl (C=O) groups excluding carboxylic acids is 1. The van der Waals surface area contributed by atoms with Gasteiger partial charge in [-0.25, -0.2) is 0 Å². The molecule has 120 valence electrons. The van der Waals surface area contributed by atoms with E-state index < -0.39 is 0 Å². The van der Waals surface area contributed by atoms with Gasteiger partial charge in [0.05, 0.1) is 5.69 Å². The molecule has 1 aromatic heterocycles. The van der Waals surface area contributed by atoms with Crippen molar-refractivity contribution in [3.05, 3.63) is 76.9 Å². The van der Waals surface area contributed by atoms with E-state index in [0.29, 0.717) is 27.9 Å². The van der Waals surface area contributed by atoms with Gasteiger partial charge in [-0.1, -0.05) is 11.6 Å². The van der Waals surface area contributed by atoms with E-state index in [1.54, 1.807) is 54.6 Å². The molecule has 0 aliphatic heterocycles. The smallest absolute Gasteiger partial charge is 0.255 e. The van der Waals surface area contributed by atoms with Gasteiger partial charge < -0.3 is 10.1 Å². The fourth-order valence-corrected chi connectivity index (χ4v) is 2.10. The number of nitrogens with one attached hydrogen (secondary N) is 1. The molecule has 0 bridgehead atoms. The Hall–Kier alpha value is -2.92. The summed E-state index contributed by atoms with van der Waals surface area (Å²) in [6.45, 7) is 1.86. The Morgan fingerprint density at radius 2 is 1.67 bits per heavy atom. The predicted molar refractivity (Wildman–Crippen MR) is 92.7 cm³/mol. The predicted octanol–water partition coefficient (Wildman–Crippen LogP) is 4.48. The number of amides is 1. The first-order valence-corrected chi connectivity index (χ1v) is 7.63. The second kappa shape index (κ2) is 7.10. The lowest BCUT2D eigenvalue weighted by molar-refractivity contribution is 0.102. The van der Waals surface area contributed by atoms with Gasteiger partial charge in [0.15, 0.2) is 0 Å². The van der Waals surface area contributed by atoms with Crippen LogP contribution in [0.1, 0.15) is 16.1 Å². The summed E-state index contributed by atoms with van der Waals surface area (Å²) in [5.74, 6) is 0.820. The molecule has 6 heteroatoms. The largest absolute Gasteiger partial charge is 0.438 e. The van der Waals surface area contributed by atoms with Crippen molar-refractivity contribution < 1.29 is 9.53 Å². The number of benzene rings is 2. The van der Waals surface area contributed by atoms with Crippen LogP contribution in [0.5, 0.6) is 11.6 Å². The Bertz CT molecular complexity index is 832. The van der Waals surface area contributed by atoms with E-state index in [0.717, 1.165) is 5.69 Å². The maximum atomic E-state index is 12.1. The van der Waals surface area contributed by atoms with E-state index >= 15 is 0 Å². The fraction of sp³-hybridized carbons (Fsp3) is 0.0556. The van der Waals surface area contributed by atoms with E-state index in [1.165, 1.54) is 0 Å². The maximum Gasteiger partial charge on any atom is 0.255 e. The van der Waals surface area contributed by atoms with Gasteiger partial charge in [0.1, 0.15) is 5.75 Å². The lowest BCUT2D eigenvalue weighted by Crippen LogP contribution is -2.11. The molecule has 0 unspecified atom stereocenters. The molecular weight excluding hydrogens is 326 g/mol. The molecule has 0 spiro atoms. The summed E-state index contributed by atoms with van der Waals surface area (Å²) in [4.78, 5) is 12.1. The molecule has 0 radical (unpaired) electrons. The third-order valence-electron chi connectivity index (χ3n) is 3.21. The standard InChI is InChI=1S/C18H14ClN3O2/c1-12-2-11-17(22-21-12)24-16-9-7-15(8-10-16)20-18(23)13-3-5-14(19)6-4-13/h2-11H,1H3,(H,20,23). The average Bonchev–Trinajstić information content (AvgIpc) is 2.59. The first kappa shape index (κ1) is 16.0. The molecule has 1 N–H and O–H groups in total. The van der Waals surface area contributed by atoms with Crippen LogP contribution in [0.15, 0.2) is 60.7 Å². The second-order valence-electron chi connectivity index (χ2n) is 5.10. The highest BCUT2D eigenvalue weighted by molar-refractivity contribution is 6.30. The minimum absolute atomic E-state index is 0.204. The zero-order chi connectivity index (χ0) is 16.9. The molecule has 24 heavy (non-hydrogen) atoms. The van der Waals surface area contributed by atoms with Crippen LogP contribution in [0.4, 0.5) is 5.69 Å². The summed E-state index contributed by atoms with van der Waals surface area (Å²) in [6.07, 6.45) is 0. The molecule has 0 aliphatic carbocycles. The van der Waals surface area contributed by atoms with Crippen LogP contribution >= 0.6 is 11.6 Å². The fourth-order valence-electron chi connectivity index (χ4n) is 1.97. The summed E-state index contributed by atoms with van der Waals surface area (Å²) in [6, 6.07) is 17.3. The zero-order valence-electron chi connectivity index (χ0n) is 12.9. The van der Waals surface area contributed by atoms with E-state index in [1.807, 2.05) is 13.0 Å².